The number of carbonyl (C=O) groups excluding carboxylic acids is 2. The van der Waals surface area contributed by atoms with E-state index < -0.39 is 5.97 Å². The molecule has 1 fully saturated rings. The van der Waals surface area contributed by atoms with Gasteiger partial charge in [-0.3, -0.25) is 4.79 Å². The van der Waals surface area contributed by atoms with E-state index in [0.29, 0.717) is 40.4 Å². The van der Waals surface area contributed by atoms with E-state index in [0.717, 1.165) is 30.3 Å². The summed E-state index contributed by atoms with van der Waals surface area (Å²) in [5.74, 6) is 0.234. The van der Waals surface area contributed by atoms with Crippen LogP contribution in [0.2, 0.25) is 0 Å². The summed E-state index contributed by atoms with van der Waals surface area (Å²) < 4.78 is 11.4. The third kappa shape index (κ3) is 3.84. The molecular formula is C26H24N2O4. The third-order valence-electron chi connectivity index (χ3n) is 5.99. The number of likely N-dealkylation sites (tertiary alicyclic amines) is 1. The quantitative estimate of drug-likeness (QED) is 0.425. The summed E-state index contributed by atoms with van der Waals surface area (Å²) in [5.41, 5.74) is 2.53. The molecule has 0 N–H and O–H groups in total. The molecule has 1 aliphatic heterocycles. The lowest BCUT2D eigenvalue weighted by Crippen LogP contribution is -2.41. The Kier molecular flexibility index (Phi) is 5.35. The number of nitrogens with zero attached hydrogens (tertiary/aromatic N) is 2. The highest BCUT2D eigenvalue weighted by Crippen LogP contribution is 2.33. The first kappa shape index (κ1) is 20.2. The van der Waals surface area contributed by atoms with E-state index in [4.69, 9.17) is 9.15 Å². The number of piperidine rings is 1. The van der Waals surface area contributed by atoms with Crippen molar-refractivity contribution in [2.75, 3.05) is 19.7 Å². The van der Waals surface area contributed by atoms with E-state index >= 15 is 0 Å². The minimum atomic E-state index is -0.530. The standard InChI is InChI=1S/C26H24N2O4/c1-17-7-6-14-28(15-17)23(29)16-31-26(30)20-11-5-9-18-8-4-10-19(24(18)20)25-27-21-12-2-3-13-22(21)32-25/h2-5,8-13,17H,6-7,14-16H2,1H3. The summed E-state index contributed by atoms with van der Waals surface area (Å²) in [6.07, 6.45) is 2.11. The largest absolute Gasteiger partial charge is 0.452 e. The summed E-state index contributed by atoms with van der Waals surface area (Å²) in [5, 5.41) is 1.57. The zero-order valence-corrected chi connectivity index (χ0v) is 17.9. The molecule has 4 aromatic rings. The van der Waals surface area contributed by atoms with E-state index in [1.54, 1.807) is 11.0 Å². The number of hydrogen-bond acceptors (Lipinski definition) is 5. The topological polar surface area (TPSA) is 72.6 Å². The normalized spacial score (nSPS) is 16.4. The number of para-hydroxylation sites is 2. The van der Waals surface area contributed by atoms with Gasteiger partial charge in [-0.05, 0) is 48.4 Å². The molecule has 1 amide bonds. The van der Waals surface area contributed by atoms with Crippen LogP contribution in [0, 0.1) is 5.92 Å². The summed E-state index contributed by atoms with van der Waals surface area (Å²) >= 11 is 0. The van der Waals surface area contributed by atoms with Crippen LogP contribution in [0.4, 0.5) is 0 Å². The Morgan fingerprint density at radius 1 is 1.09 bits per heavy atom. The Morgan fingerprint density at radius 3 is 2.72 bits per heavy atom. The first-order valence-electron chi connectivity index (χ1n) is 10.9. The number of benzene rings is 3. The van der Waals surface area contributed by atoms with Crippen molar-refractivity contribution in [3.8, 4) is 11.5 Å². The number of rotatable bonds is 4. The van der Waals surface area contributed by atoms with Crippen molar-refractivity contribution in [3.05, 3.63) is 66.2 Å². The summed E-state index contributed by atoms with van der Waals surface area (Å²) in [6, 6.07) is 18.7. The lowest BCUT2D eigenvalue weighted by molar-refractivity contribution is -0.136. The first-order chi connectivity index (χ1) is 15.6. The number of carbonyl (C=O) groups is 2. The number of hydrogen-bond donors (Lipinski definition) is 0. The van der Waals surface area contributed by atoms with Gasteiger partial charge in [-0.1, -0.05) is 43.3 Å². The van der Waals surface area contributed by atoms with Crippen LogP contribution in [-0.4, -0.2) is 41.5 Å². The van der Waals surface area contributed by atoms with E-state index in [1.807, 2.05) is 54.6 Å². The van der Waals surface area contributed by atoms with Gasteiger partial charge in [0, 0.05) is 24.0 Å². The summed E-state index contributed by atoms with van der Waals surface area (Å²) in [7, 11) is 0. The van der Waals surface area contributed by atoms with Crippen LogP contribution in [0.5, 0.6) is 0 Å². The molecule has 1 unspecified atom stereocenters. The molecular weight excluding hydrogens is 404 g/mol. The van der Waals surface area contributed by atoms with Gasteiger partial charge in [0.2, 0.25) is 5.89 Å². The van der Waals surface area contributed by atoms with E-state index in [1.165, 1.54) is 0 Å². The molecule has 0 aliphatic carbocycles. The molecule has 6 nitrogen and oxygen atoms in total. The lowest BCUT2D eigenvalue weighted by Gasteiger charge is -2.30. The smallest absolute Gasteiger partial charge is 0.339 e. The molecule has 2 heterocycles. The number of esters is 1. The minimum absolute atomic E-state index is 0.149. The van der Waals surface area contributed by atoms with Crippen molar-refractivity contribution in [2.45, 2.75) is 19.8 Å². The van der Waals surface area contributed by atoms with Crippen molar-refractivity contribution < 1.29 is 18.7 Å². The highest BCUT2D eigenvalue weighted by molar-refractivity contribution is 6.10. The number of oxazole rings is 1. The lowest BCUT2D eigenvalue weighted by atomic mass is 9.99. The van der Waals surface area contributed by atoms with Crippen LogP contribution in [-0.2, 0) is 9.53 Å². The van der Waals surface area contributed by atoms with Gasteiger partial charge in [-0.2, -0.15) is 0 Å². The first-order valence-corrected chi connectivity index (χ1v) is 10.9. The van der Waals surface area contributed by atoms with Crippen LogP contribution >= 0.6 is 0 Å². The molecule has 5 rings (SSSR count). The minimum Gasteiger partial charge on any atom is -0.452 e. The van der Waals surface area contributed by atoms with Gasteiger partial charge in [-0.15, -0.1) is 0 Å². The summed E-state index contributed by atoms with van der Waals surface area (Å²) in [6.45, 7) is 3.31. The molecule has 0 bridgehead atoms. The van der Waals surface area contributed by atoms with Crippen LogP contribution < -0.4 is 0 Å². The van der Waals surface area contributed by atoms with Gasteiger partial charge in [0.15, 0.2) is 12.2 Å². The number of fused-ring (bicyclic) bond motifs is 2. The SMILES string of the molecule is CC1CCCN(C(=O)COC(=O)c2cccc3cccc(-c4nc5ccccc5o4)c23)C1. The maximum Gasteiger partial charge on any atom is 0.339 e. The van der Waals surface area contributed by atoms with Gasteiger partial charge in [0.05, 0.1) is 5.56 Å². The Bertz CT molecular complexity index is 1270. The third-order valence-corrected chi connectivity index (χ3v) is 5.99. The fraction of sp³-hybridized carbons (Fsp3) is 0.269. The Morgan fingerprint density at radius 2 is 1.91 bits per heavy atom. The van der Waals surface area contributed by atoms with E-state index in [9.17, 15) is 9.59 Å². The number of ether oxygens (including phenoxy) is 1. The van der Waals surface area contributed by atoms with Gasteiger partial charge >= 0.3 is 5.97 Å². The van der Waals surface area contributed by atoms with Crippen LogP contribution in [0.15, 0.2) is 65.1 Å². The van der Waals surface area contributed by atoms with Crippen LogP contribution in [0.25, 0.3) is 33.3 Å². The van der Waals surface area contributed by atoms with Crippen molar-refractivity contribution in [1.29, 1.82) is 0 Å². The van der Waals surface area contributed by atoms with Gasteiger partial charge < -0.3 is 14.1 Å². The van der Waals surface area contributed by atoms with Gasteiger partial charge in [0.25, 0.3) is 5.91 Å². The summed E-state index contributed by atoms with van der Waals surface area (Å²) in [4.78, 5) is 32.0. The number of amides is 1. The average Bonchev–Trinajstić information content (AvgIpc) is 3.25. The Balaban J connectivity index is 1.45. The van der Waals surface area contributed by atoms with Crippen molar-refractivity contribution in [2.24, 2.45) is 5.92 Å². The van der Waals surface area contributed by atoms with Gasteiger partial charge in [0.1, 0.15) is 5.52 Å². The van der Waals surface area contributed by atoms with Crippen molar-refractivity contribution in [3.63, 3.8) is 0 Å². The zero-order chi connectivity index (χ0) is 22.1. The molecule has 32 heavy (non-hydrogen) atoms. The highest BCUT2D eigenvalue weighted by Gasteiger charge is 2.23. The van der Waals surface area contributed by atoms with Crippen molar-refractivity contribution in [1.82, 2.24) is 9.88 Å². The van der Waals surface area contributed by atoms with Crippen molar-refractivity contribution >= 4 is 33.7 Å². The molecule has 0 radical (unpaired) electrons. The van der Waals surface area contributed by atoms with Crippen LogP contribution in [0.3, 0.4) is 0 Å². The predicted molar refractivity (Wildman–Crippen MR) is 122 cm³/mol. The van der Waals surface area contributed by atoms with Crippen LogP contribution in [0.1, 0.15) is 30.1 Å². The molecule has 1 aromatic heterocycles. The zero-order valence-electron chi connectivity index (χ0n) is 17.9. The number of aromatic nitrogens is 1. The second-order valence-corrected chi connectivity index (χ2v) is 8.36. The van der Waals surface area contributed by atoms with Gasteiger partial charge in [-0.25, -0.2) is 9.78 Å². The molecule has 0 saturated carbocycles. The molecule has 1 aliphatic rings. The Labute approximate surface area is 185 Å². The molecule has 3 aromatic carbocycles. The molecule has 1 saturated heterocycles. The van der Waals surface area contributed by atoms with E-state index in [2.05, 4.69) is 11.9 Å². The maximum atomic E-state index is 13.0. The average molecular weight is 428 g/mol. The van der Waals surface area contributed by atoms with E-state index in [-0.39, 0.29) is 12.5 Å². The Hall–Kier alpha value is -3.67. The molecule has 162 valence electrons. The fourth-order valence-corrected chi connectivity index (χ4v) is 4.39. The fourth-order valence-electron chi connectivity index (χ4n) is 4.39. The molecule has 0 spiro atoms. The highest BCUT2D eigenvalue weighted by atomic mass is 16.5. The second-order valence-electron chi connectivity index (χ2n) is 8.36. The monoisotopic (exact) mass is 428 g/mol. The second kappa shape index (κ2) is 8.46. The molecule has 6 heteroatoms. The molecule has 1 atom stereocenters. The maximum absolute atomic E-state index is 13.0. The predicted octanol–water partition coefficient (Wildman–Crippen LogP) is 5.06.